The fourth-order valence-electron chi connectivity index (χ4n) is 3.30. The fourth-order valence-corrected chi connectivity index (χ4v) is 3.30. The van der Waals surface area contributed by atoms with Crippen molar-refractivity contribution in [3.05, 3.63) is 0 Å². The van der Waals surface area contributed by atoms with Gasteiger partial charge in [-0.1, -0.05) is 6.42 Å². The van der Waals surface area contributed by atoms with Crippen LogP contribution in [0, 0.1) is 0 Å². The lowest BCUT2D eigenvalue weighted by Crippen LogP contribution is -2.57. The molecule has 2 aliphatic rings. The van der Waals surface area contributed by atoms with Gasteiger partial charge in [0.25, 0.3) is 0 Å². The zero-order chi connectivity index (χ0) is 14.7. The number of nitrogens with one attached hydrogen (secondary N) is 2. The standard InChI is InChI=1S/C13H23N3O4/c1-16-9-3-2-4-10(16)6-8(5-9)14-13(20)15-11(7-17)12(18)19/h8-11,17H,2-7H2,1H3,(H,18,19)(H2,14,15,20). The second-order valence-electron chi connectivity index (χ2n) is 5.76. The van der Waals surface area contributed by atoms with Crippen molar-refractivity contribution in [3.63, 3.8) is 0 Å². The molecule has 0 aromatic heterocycles. The molecule has 2 aliphatic heterocycles. The highest BCUT2D eigenvalue weighted by Gasteiger charge is 2.36. The van der Waals surface area contributed by atoms with E-state index in [0.29, 0.717) is 12.1 Å². The molecule has 3 atom stereocenters. The third-order valence-corrected chi connectivity index (χ3v) is 4.46. The second-order valence-corrected chi connectivity index (χ2v) is 5.76. The smallest absolute Gasteiger partial charge is 0.328 e. The lowest BCUT2D eigenvalue weighted by Gasteiger charge is -2.47. The monoisotopic (exact) mass is 285 g/mol. The summed E-state index contributed by atoms with van der Waals surface area (Å²) in [5.74, 6) is -1.23. The number of carbonyl (C=O) groups is 2. The van der Waals surface area contributed by atoms with Gasteiger partial charge in [0.15, 0.2) is 6.04 Å². The summed E-state index contributed by atoms with van der Waals surface area (Å²) in [5.41, 5.74) is 0. The third kappa shape index (κ3) is 3.40. The normalized spacial score (nSPS) is 31.4. The number of carboxylic acid groups (broad SMARTS) is 1. The van der Waals surface area contributed by atoms with E-state index in [1.807, 2.05) is 0 Å². The van der Waals surface area contributed by atoms with E-state index in [0.717, 1.165) is 25.7 Å². The molecule has 3 unspecified atom stereocenters. The maximum absolute atomic E-state index is 11.8. The summed E-state index contributed by atoms with van der Waals surface area (Å²) in [5, 5.41) is 22.8. The minimum atomic E-state index is -1.25. The molecular weight excluding hydrogens is 262 g/mol. The van der Waals surface area contributed by atoms with Crippen LogP contribution in [0.15, 0.2) is 0 Å². The van der Waals surface area contributed by atoms with Crippen LogP contribution < -0.4 is 10.6 Å². The molecule has 0 aromatic rings. The van der Waals surface area contributed by atoms with Crippen LogP contribution in [0.3, 0.4) is 0 Å². The predicted molar refractivity (Wildman–Crippen MR) is 72.4 cm³/mol. The number of carboxylic acids is 1. The van der Waals surface area contributed by atoms with E-state index >= 15 is 0 Å². The number of piperidine rings is 2. The first kappa shape index (κ1) is 15.1. The van der Waals surface area contributed by atoms with Crippen LogP contribution in [0.1, 0.15) is 32.1 Å². The molecule has 2 fully saturated rings. The van der Waals surface area contributed by atoms with Crippen molar-refractivity contribution in [2.75, 3.05) is 13.7 Å². The number of amides is 2. The molecule has 0 aromatic carbocycles. The van der Waals surface area contributed by atoms with E-state index in [9.17, 15) is 9.59 Å². The van der Waals surface area contributed by atoms with E-state index < -0.39 is 24.6 Å². The highest BCUT2D eigenvalue weighted by atomic mass is 16.4. The van der Waals surface area contributed by atoms with Crippen molar-refractivity contribution in [1.29, 1.82) is 0 Å². The number of hydrogen-bond donors (Lipinski definition) is 4. The zero-order valence-electron chi connectivity index (χ0n) is 11.7. The van der Waals surface area contributed by atoms with Gasteiger partial charge in [-0.15, -0.1) is 0 Å². The van der Waals surface area contributed by atoms with Crippen LogP contribution in [-0.2, 0) is 4.79 Å². The second kappa shape index (κ2) is 6.41. The van der Waals surface area contributed by atoms with Gasteiger partial charge in [-0.25, -0.2) is 9.59 Å². The van der Waals surface area contributed by atoms with Crippen LogP contribution in [-0.4, -0.2) is 64.9 Å². The summed E-state index contributed by atoms with van der Waals surface area (Å²) in [6.45, 7) is -0.610. The van der Waals surface area contributed by atoms with Gasteiger partial charge >= 0.3 is 12.0 Å². The summed E-state index contributed by atoms with van der Waals surface area (Å²) in [4.78, 5) is 24.9. The van der Waals surface area contributed by atoms with Gasteiger partial charge in [0.1, 0.15) is 0 Å². The highest BCUT2D eigenvalue weighted by Crippen LogP contribution is 2.32. The van der Waals surface area contributed by atoms with Crippen molar-refractivity contribution < 1.29 is 19.8 Å². The number of rotatable bonds is 4. The Morgan fingerprint density at radius 1 is 1.30 bits per heavy atom. The van der Waals surface area contributed by atoms with Crippen LogP contribution in [0.25, 0.3) is 0 Å². The minimum absolute atomic E-state index is 0.0784. The molecule has 4 N–H and O–H groups in total. The summed E-state index contributed by atoms with van der Waals surface area (Å²) in [6.07, 6.45) is 5.35. The van der Waals surface area contributed by atoms with Gasteiger partial charge in [0.2, 0.25) is 0 Å². The largest absolute Gasteiger partial charge is 0.480 e. The number of hydrogen-bond acceptors (Lipinski definition) is 4. The first-order chi connectivity index (χ1) is 9.51. The molecular formula is C13H23N3O4. The lowest BCUT2D eigenvalue weighted by molar-refractivity contribution is -0.140. The van der Waals surface area contributed by atoms with E-state index in [2.05, 4.69) is 22.6 Å². The Balaban J connectivity index is 1.84. The van der Waals surface area contributed by atoms with E-state index in [1.54, 1.807) is 0 Å². The molecule has 2 heterocycles. The molecule has 2 bridgehead atoms. The van der Waals surface area contributed by atoms with Gasteiger partial charge in [0.05, 0.1) is 6.61 Å². The Morgan fingerprint density at radius 2 is 1.90 bits per heavy atom. The van der Waals surface area contributed by atoms with Crippen LogP contribution >= 0.6 is 0 Å². The molecule has 7 nitrogen and oxygen atoms in total. The fraction of sp³-hybridized carbons (Fsp3) is 0.846. The quantitative estimate of drug-likeness (QED) is 0.570. The Labute approximate surface area is 118 Å². The third-order valence-electron chi connectivity index (χ3n) is 4.46. The van der Waals surface area contributed by atoms with Crippen LogP contribution in [0.2, 0.25) is 0 Å². The first-order valence-electron chi connectivity index (χ1n) is 7.14. The number of aliphatic hydroxyl groups excluding tert-OH is 1. The van der Waals surface area contributed by atoms with Gasteiger partial charge in [-0.2, -0.15) is 0 Å². The molecule has 7 heteroatoms. The Hall–Kier alpha value is -1.34. The van der Waals surface area contributed by atoms with E-state index in [4.69, 9.17) is 10.2 Å². The Morgan fingerprint density at radius 3 is 2.40 bits per heavy atom. The summed E-state index contributed by atoms with van der Waals surface area (Å²) < 4.78 is 0. The SMILES string of the molecule is CN1C2CCCC1CC(NC(=O)NC(CO)C(=O)O)C2. The number of nitrogens with zero attached hydrogens (tertiary/aromatic N) is 1. The van der Waals surface area contributed by atoms with E-state index in [1.165, 1.54) is 6.42 Å². The zero-order valence-corrected chi connectivity index (χ0v) is 11.7. The average Bonchev–Trinajstić information content (AvgIpc) is 2.37. The maximum atomic E-state index is 11.8. The van der Waals surface area contributed by atoms with Crippen LogP contribution in [0.4, 0.5) is 4.79 Å². The summed E-state index contributed by atoms with van der Waals surface area (Å²) in [7, 11) is 2.14. The highest BCUT2D eigenvalue weighted by molar-refractivity contribution is 5.82. The molecule has 2 rings (SSSR count). The summed E-state index contributed by atoms with van der Waals surface area (Å²) >= 11 is 0. The van der Waals surface area contributed by atoms with Crippen molar-refractivity contribution in [1.82, 2.24) is 15.5 Å². The molecule has 2 amide bonds. The molecule has 0 spiro atoms. The minimum Gasteiger partial charge on any atom is -0.480 e. The van der Waals surface area contributed by atoms with Gasteiger partial charge in [-0.05, 0) is 32.7 Å². The molecule has 0 aliphatic carbocycles. The van der Waals surface area contributed by atoms with Gasteiger partial charge in [-0.3, -0.25) is 0 Å². The van der Waals surface area contributed by atoms with Crippen molar-refractivity contribution in [2.45, 2.75) is 56.3 Å². The molecule has 0 saturated carbocycles. The van der Waals surface area contributed by atoms with Crippen molar-refractivity contribution in [3.8, 4) is 0 Å². The number of aliphatic hydroxyl groups is 1. The predicted octanol–water partition coefficient (Wildman–Crippen LogP) is -0.254. The van der Waals surface area contributed by atoms with Gasteiger partial charge < -0.3 is 25.7 Å². The van der Waals surface area contributed by atoms with Gasteiger partial charge in [0, 0.05) is 18.1 Å². The number of carbonyl (C=O) groups excluding carboxylic acids is 1. The van der Waals surface area contributed by atoms with Crippen molar-refractivity contribution >= 4 is 12.0 Å². The van der Waals surface area contributed by atoms with E-state index in [-0.39, 0.29) is 6.04 Å². The first-order valence-corrected chi connectivity index (χ1v) is 7.14. The molecule has 0 radical (unpaired) electrons. The number of urea groups is 1. The lowest BCUT2D eigenvalue weighted by atomic mass is 9.82. The Kier molecular flexibility index (Phi) is 4.82. The summed E-state index contributed by atoms with van der Waals surface area (Å²) in [6, 6.07) is -0.684. The number of fused-ring (bicyclic) bond motifs is 2. The Bertz CT molecular complexity index is 363. The molecule has 20 heavy (non-hydrogen) atoms. The maximum Gasteiger partial charge on any atom is 0.328 e. The topological polar surface area (TPSA) is 102 Å². The molecule has 2 saturated heterocycles. The number of aliphatic carboxylic acids is 1. The molecule has 114 valence electrons. The van der Waals surface area contributed by atoms with Crippen molar-refractivity contribution in [2.24, 2.45) is 0 Å². The average molecular weight is 285 g/mol. The van der Waals surface area contributed by atoms with Crippen LogP contribution in [0.5, 0.6) is 0 Å².